The maximum Gasteiger partial charge on any atom is 0.118 e. The van der Waals surface area contributed by atoms with Crippen molar-refractivity contribution in [2.24, 2.45) is 0 Å². The van der Waals surface area contributed by atoms with E-state index in [1.165, 1.54) is 24.3 Å². The van der Waals surface area contributed by atoms with Gasteiger partial charge in [-0.1, -0.05) is 12.1 Å². The molecule has 0 amide bonds. The molecule has 0 fully saturated rings. The van der Waals surface area contributed by atoms with Crippen LogP contribution in [0.4, 0.5) is 0 Å². The highest BCUT2D eigenvalue weighted by molar-refractivity contribution is 5.71. The van der Waals surface area contributed by atoms with Crippen LogP contribution >= 0.6 is 0 Å². The first-order chi connectivity index (χ1) is 5.61. The molecule has 0 aliphatic heterocycles. The largest absolute Gasteiger partial charge is 0.547 e. The van der Waals surface area contributed by atoms with E-state index in [0.29, 0.717) is 0 Å². The Kier molecular flexibility index (Phi) is 2.30. The summed E-state index contributed by atoms with van der Waals surface area (Å²) in [6.45, 7) is 0. The summed E-state index contributed by atoms with van der Waals surface area (Å²) in [5, 5.41) is 27.9. The van der Waals surface area contributed by atoms with Gasteiger partial charge in [0, 0.05) is 0 Å². The van der Waals surface area contributed by atoms with Crippen LogP contribution in [0, 0.1) is 0 Å². The maximum atomic E-state index is 10.2. The van der Waals surface area contributed by atoms with E-state index in [1.54, 1.807) is 0 Å². The van der Waals surface area contributed by atoms with Crippen molar-refractivity contribution in [1.82, 2.24) is 0 Å². The van der Waals surface area contributed by atoms with E-state index in [4.69, 9.17) is 10.2 Å². The number of phenols is 1. The number of phenolic OH excluding ortho intramolecular Hbond substituents is 1. The molecule has 1 aromatic carbocycles. The molecule has 1 atom stereocenters. The lowest BCUT2D eigenvalue weighted by atomic mass is 10.1. The van der Waals surface area contributed by atoms with Gasteiger partial charge in [0.1, 0.15) is 11.9 Å². The smallest absolute Gasteiger partial charge is 0.118 e. The van der Waals surface area contributed by atoms with Gasteiger partial charge in [0.05, 0.1) is 5.97 Å². The van der Waals surface area contributed by atoms with E-state index < -0.39 is 12.1 Å². The minimum absolute atomic E-state index is 0.0179. The van der Waals surface area contributed by atoms with Gasteiger partial charge in [0.25, 0.3) is 0 Å². The number of hydrogen-bond acceptors (Lipinski definition) is 4. The molecule has 0 aromatic heterocycles. The van der Waals surface area contributed by atoms with Gasteiger partial charge in [-0.2, -0.15) is 0 Å². The van der Waals surface area contributed by atoms with Gasteiger partial charge in [-0.3, -0.25) is 0 Å². The molecule has 0 unspecified atom stereocenters. The fourth-order valence-electron chi connectivity index (χ4n) is 0.793. The van der Waals surface area contributed by atoms with Crippen molar-refractivity contribution in [3.05, 3.63) is 29.8 Å². The average molecular weight is 167 g/mol. The minimum atomic E-state index is -1.63. The van der Waals surface area contributed by atoms with Crippen LogP contribution in [-0.4, -0.2) is 16.2 Å². The molecule has 4 nitrogen and oxygen atoms in total. The molecule has 0 aliphatic rings. The number of hydrogen-bond donors (Lipinski definition) is 2. The van der Waals surface area contributed by atoms with E-state index in [1.807, 2.05) is 0 Å². The molecule has 4 heteroatoms. The molecule has 12 heavy (non-hydrogen) atoms. The molecule has 0 spiro atoms. The second kappa shape index (κ2) is 3.23. The van der Waals surface area contributed by atoms with Crippen LogP contribution in [0.2, 0.25) is 0 Å². The van der Waals surface area contributed by atoms with E-state index in [-0.39, 0.29) is 11.3 Å². The Labute approximate surface area is 68.7 Å². The number of carboxylic acid groups (broad SMARTS) is 1. The number of rotatable bonds is 2. The summed E-state index contributed by atoms with van der Waals surface area (Å²) in [6.07, 6.45) is -1.63. The standard InChI is InChI=1S/C8H8O4/c9-6-3-1-5(2-4-6)7(10)8(11)12/h1-4,7,9-10H,(H,11,12)/p-1/t7-/m1/s1. The van der Waals surface area contributed by atoms with Gasteiger partial charge in [0.2, 0.25) is 0 Å². The Morgan fingerprint density at radius 2 is 1.83 bits per heavy atom. The van der Waals surface area contributed by atoms with Crippen LogP contribution in [-0.2, 0) is 4.79 Å². The number of aliphatic carboxylic acids is 1. The second-order valence-electron chi connectivity index (χ2n) is 2.31. The molecule has 64 valence electrons. The molecule has 0 heterocycles. The van der Waals surface area contributed by atoms with Crippen molar-refractivity contribution in [3.63, 3.8) is 0 Å². The summed E-state index contributed by atoms with van der Waals surface area (Å²) in [5.74, 6) is -1.54. The van der Waals surface area contributed by atoms with Crippen LogP contribution in [0.3, 0.4) is 0 Å². The van der Waals surface area contributed by atoms with Gasteiger partial charge < -0.3 is 20.1 Å². The Bertz CT molecular complexity index is 278. The second-order valence-corrected chi connectivity index (χ2v) is 2.31. The third kappa shape index (κ3) is 1.73. The molecular weight excluding hydrogens is 160 g/mol. The fourth-order valence-corrected chi connectivity index (χ4v) is 0.793. The topological polar surface area (TPSA) is 80.6 Å². The van der Waals surface area contributed by atoms with Crippen molar-refractivity contribution in [2.75, 3.05) is 0 Å². The zero-order valence-electron chi connectivity index (χ0n) is 6.10. The first-order valence-electron chi connectivity index (χ1n) is 3.29. The summed E-state index contributed by atoms with van der Waals surface area (Å²) in [4.78, 5) is 10.2. The lowest BCUT2D eigenvalue weighted by Gasteiger charge is -2.10. The molecule has 0 aliphatic carbocycles. The highest BCUT2D eigenvalue weighted by Gasteiger charge is 2.06. The third-order valence-corrected chi connectivity index (χ3v) is 1.43. The molecule has 0 saturated carbocycles. The Morgan fingerprint density at radius 1 is 1.33 bits per heavy atom. The van der Waals surface area contributed by atoms with Crippen LogP contribution in [0.15, 0.2) is 24.3 Å². The molecular formula is C8H7O4-. The van der Waals surface area contributed by atoms with Crippen molar-refractivity contribution in [3.8, 4) is 5.75 Å². The van der Waals surface area contributed by atoms with Crippen LogP contribution in [0.1, 0.15) is 11.7 Å². The summed E-state index contributed by atoms with van der Waals surface area (Å²) >= 11 is 0. The van der Waals surface area contributed by atoms with Crippen LogP contribution < -0.4 is 5.11 Å². The first kappa shape index (κ1) is 8.55. The Hall–Kier alpha value is -1.55. The van der Waals surface area contributed by atoms with Gasteiger partial charge in [-0.15, -0.1) is 0 Å². The number of benzene rings is 1. The van der Waals surface area contributed by atoms with Crippen molar-refractivity contribution in [2.45, 2.75) is 6.10 Å². The first-order valence-corrected chi connectivity index (χ1v) is 3.29. The van der Waals surface area contributed by atoms with Crippen LogP contribution in [0.25, 0.3) is 0 Å². The third-order valence-electron chi connectivity index (χ3n) is 1.43. The zero-order chi connectivity index (χ0) is 9.14. The normalized spacial score (nSPS) is 12.4. The number of carboxylic acids is 1. The minimum Gasteiger partial charge on any atom is -0.547 e. The lowest BCUT2D eigenvalue weighted by molar-refractivity contribution is -0.315. The van der Waals surface area contributed by atoms with Crippen molar-refractivity contribution >= 4 is 5.97 Å². The molecule has 0 saturated heterocycles. The predicted octanol–water partition coefficient (Wildman–Crippen LogP) is -0.825. The number of aliphatic hydroxyl groups is 1. The molecule has 0 bridgehead atoms. The van der Waals surface area contributed by atoms with Crippen molar-refractivity contribution < 1.29 is 20.1 Å². The SMILES string of the molecule is O=C([O-])[C@H](O)c1ccc(O)cc1. The summed E-state index contributed by atoms with van der Waals surface area (Å²) < 4.78 is 0. The number of aliphatic hydroxyl groups excluding tert-OH is 1. The van der Waals surface area contributed by atoms with E-state index >= 15 is 0 Å². The average Bonchev–Trinajstić information content (AvgIpc) is 2.04. The summed E-state index contributed by atoms with van der Waals surface area (Å²) in [6, 6.07) is 5.22. The van der Waals surface area contributed by atoms with Gasteiger partial charge in [-0.25, -0.2) is 0 Å². The van der Waals surface area contributed by atoms with E-state index in [0.717, 1.165) is 0 Å². The predicted molar refractivity (Wildman–Crippen MR) is 38.1 cm³/mol. The zero-order valence-corrected chi connectivity index (χ0v) is 6.10. The van der Waals surface area contributed by atoms with Crippen LogP contribution in [0.5, 0.6) is 5.75 Å². The van der Waals surface area contributed by atoms with E-state index in [2.05, 4.69) is 0 Å². The van der Waals surface area contributed by atoms with Crippen molar-refractivity contribution in [1.29, 1.82) is 0 Å². The molecule has 1 rings (SSSR count). The fraction of sp³-hybridized carbons (Fsp3) is 0.125. The summed E-state index contributed by atoms with van der Waals surface area (Å²) in [5.41, 5.74) is 0.188. The number of carbonyl (C=O) groups excluding carboxylic acids is 1. The number of carbonyl (C=O) groups is 1. The highest BCUT2D eigenvalue weighted by Crippen LogP contribution is 2.15. The van der Waals surface area contributed by atoms with E-state index in [9.17, 15) is 9.90 Å². The number of aromatic hydroxyl groups is 1. The Balaban J connectivity index is 2.89. The monoisotopic (exact) mass is 167 g/mol. The maximum absolute atomic E-state index is 10.2. The lowest BCUT2D eigenvalue weighted by Crippen LogP contribution is -2.29. The molecule has 1 aromatic rings. The van der Waals surface area contributed by atoms with Gasteiger partial charge in [-0.05, 0) is 17.7 Å². The quantitative estimate of drug-likeness (QED) is 0.602. The molecule has 0 radical (unpaired) electrons. The highest BCUT2D eigenvalue weighted by atomic mass is 16.4. The Morgan fingerprint density at radius 3 is 2.25 bits per heavy atom. The van der Waals surface area contributed by atoms with Gasteiger partial charge >= 0.3 is 0 Å². The summed E-state index contributed by atoms with van der Waals surface area (Å²) in [7, 11) is 0. The van der Waals surface area contributed by atoms with Gasteiger partial charge in [0.15, 0.2) is 0 Å². The molecule has 2 N–H and O–H groups in total.